The summed E-state index contributed by atoms with van der Waals surface area (Å²) in [7, 11) is -18.0. The summed E-state index contributed by atoms with van der Waals surface area (Å²) in [5.41, 5.74) is 0. The summed E-state index contributed by atoms with van der Waals surface area (Å²) in [4.78, 5) is 0. The molecule has 22 heavy (non-hydrogen) atoms. The number of hydrogen-bond donors (Lipinski definition) is 0. The van der Waals surface area contributed by atoms with Gasteiger partial charge < -0.3 is 56.5 Å². The van der Waals surface area contributed by atoms with Crippen LogP contribution >= 0.6 is 0 Å². The molecule has 1 rings (SSSR count). The van der Waals surface area contributed by atoms with Gasteiger partial charge in [0, 0.05) is 13.2 Å². The zero-order valence-electron chi connectivity index (χ0n) is 11.1. The third kappa shape index (κ3) is 121. The van der Waals surface area contributed by atoms with Gasteiger partial charge in [0.25, 0.3) is 0 Å². The second-order valence-electron chi connectivity index (χ2n) is 3.78. The van der Waals surface area contributed by atoms with Crippen molar-refractivity contribution in [3.63, 3.8) is 0 Å². The molecule has 138 valence electrons. The fraction of sp³-hybridized carbons (Fsp3) is 1.00. The molecule has 1 aliphatic heterocycles. The first kappa shape index (κ1) is 26.2. The predicted octanol–water partition coefficient (Wildman–Crippen LogP) is 5.33. The van der Waals surface area contributed by atoms with E-state index in [0.717, 1.165) is 19.1 Å². The van der Waals surface area contributed by atoms with Gasteiger partial charge in [0.15, 0.2) is 0 Å². The minimum atomic E-state index is -6.00. The summed E-state index contributed by atoms with van der Waals surface area (Å²) in [5, 5.41) is 0. The van der Waals surface area contributed by atoms with Gasteiger partial charge in [-0.2, -0.15) is 0 Å². The number of hydrogen-bond acceptors (Lipinski definition) is 1. The molecule has 0 N–H and O–H groups in total. The lowest BCUT2D eigenvalue weighted by molar-refractivity contribution is 0.0716. The molecular weight excluding hydrogens is 348 g/mol. The summed E-state index contributed by atoms with van der Waals surface area (Å²) < 4.78 is 122. The van der Waals surface area contributed by atoms with E-state index >= 15 is 0 Å². The van der Waals surface area contributed by atoms with E-state index in [1.165, 1.54) is 12.8 Å². The highest BCUT2D eigenvalue weighted by Gasteiger charge is 2.21. The van der Waals surface area contributed by atoms with Crippen molar-refractivity contribution in [2.24, 2.45) is 5.92 Å². The maximum Gasteiger partial charge on any atom is 0.673 e. The van der Waals surface area contributed by atoms with Crippen LogP contribution in [0.5, 0.6) is 0 Å². The average Bonchev–Trinajstić information content (AvgIpc) is 2.09. The van der Waals surface area contributed by atoms with Gasteiger partial charge in [-0.1, -0.05) is 6.92 Å². The molecule has 0 saturated carbocycles. The SMILES string of the molecule is CC1CCOCC1.F[B-](F)(F)F.F[B-](F)(F)F.F[B-](F)(F)F. The fourth-order valence-electron chi connectivity index (χ4n) is 0.815. The molecule has 1 saturated heterocycles. The molecule has 0 aromatic rings. The second kappa shape index (κ2) is 11.8. The maximum absolute atomic E-state index is 9.75. The predicted molar refractivity (Wildman–Crippen MR) is 59.8 cm³/mol. The number of ether oxygens (including phenoxy) is 1. The van der Waals surface area contributed by atoms with Gasteiger partial charge in [-0.3, -0.25) is 0 Å². The molecular formula is C6H12B3F12O-3. The lowest BCUT2D eigenvalue weighted by atomic mass is 10.0. The first-order chi connectivity index (χ1) is 9.39. The van der Waals surface area contributed by atoms with Crippen molar-refractivity contribution in [1.82, 2.24) is 0 Å². The Balaban J connectivity index is -0.000000223. The van der Waals surface area contributed by atoms with Crippen LogP contribution < -0.4 is 0 Å². The van der Waals surface area contributed by atoms with Gasteiger partial charge in [-0.05, 0) is 18.8 Å². The second-order valence-corrected chi connectivity index (χ2v) is 3.78. The third-order valence-electron chi connectivity index (χ3n) is 1.51. The van der Waals surface area contributed by atoms with Crippen molar-refractivity contribution in [1.29, 1.82) is 0 Å². The van der Waals surface area contributed by atoms with Crippen molar-refractivity contribution in [2.45, 2.75) is 19.8 Å². The molecule has 0 bridgehead atoms. The Labute approximate surface area is 118 Å². The molecule has 0 atom stereocenters. The van der Waals surface area contributed by atoms with Crippen LogP contribution in [-0.4, -0.2) is 35.0 Å². The van der Waals surface area contributed by atoms with Crippen LogP contribution in [0.2, 0.25) is 0 Å². The molecule has 0 aromatic carbocycles. The van der Waals surface area contributed by atoms with Crippen LogP contribution in [-0.2, 0) is 4.74 Å². The molecule has 0 spiro atoms. The van der Waals surface area contributed by atoms with Crippen LogP contribution in [0.4, 0.5) is 51.8 Å². The molecule has 1 fully saturated rings. The Morgan fingerprint density at radius 3 is 0.864 bits per heavy atom. The zero-order chi connectivity index (χ0) is 18.6. The molecule has 1 nitrogen and oxygen atoms in total. The van der Waals surface area contributed by atoms with Crippen molar-refractivity contribution in [2.75, 3.05) is 13.2 Å². The van der Waals surface area contributed by atoms with Crippen molar-refractivity contribution >= 4 is 21.8 Å². The van der Waals surface area contributed by atoms with Gasteiger partial charge in [-0.15, -0.1) is 0 Å². The monoisotopic (exact) mass is 361 g/mol. The quantitative estimate of drug-likeness (QED) is 0.419. The first-order valence-electron chi connectivity index (χ1n) is 5.59. The molecule has 1 aliphatic rings. The van der Waals surface area contributed by atoms with Gasteiger partial charge in [0.05, 0.1) is 0 Å². The van der Waals surface area contributed by atoms with E-state index in [0.29, 0.717) is 0 Å². The third-order valence-corrected chi connectivity index (χ3v) is 1.51. The van der Waals surface area contributed by atoms with E-state index < -0.39 is 21.8 Å². The summed E-state index contributed by atoms with van der Waals surface area (Å²) in [6.45, 7) is 4.25. The van der Waals surface area contributed by atoms with Crippen LogP contribution in [0.1, 0.15) is 19.8 Å². The van der Waals surface area contributed by atoms with E-state index in [1.807, 2.05) is 0 Å². The Bertz CT molecular complexity index is 198. The Hall–Kier alpha value is -0.685. The highest BCUT2D eigenvalue weighted by atomic mass is 19.5. The van der Waals surface area contributed by atoms with Crippen LogP contribution in [0, 0.1) is 5.92 Å². The molecule has 16 heteroatoms. The van der Waals surface area contributed by atoms with E-state index in [4.69, 9.17) is 4.74 Å². The van der Waals surface area contributed by atoms with Crippen molar-refractivity contribution in [3.05, 3.63) is 0 Å². The highest BCUT2D eigenvalue weighted by molar-refractivity contribution is 6.50. The largest absolute Gasteiger partial charge is 0.673 e. The average molecular weight is 361 g/mol. The standard InChI is InChI=1S/C6H12O.3BF4/c1-6-2-4-7-5-3-6;3*2-1(3,4)5/h6H,2-5H2,1H3;;;/q;3*-1. The lowest BCUT2D eigenvalue weighted by Gasteiger charge is -2.16. The Morgan fingerprint density at radius 2 is 0.773 bits per heavy atom. The topological polar surface area (TPSA) is 9.23 Å². The summed E-state index contributed by atoms with van der Waals surface area (Å²) >= 11 is 0. The molecule has 0 aromatic heterocycles. The number of rotatable bonds is 0. The van der Waals surface area contributed by atoms with Gasteiger partial charge in [-0.25, -0.2) is 0 Å². The highest BCUT2D eigenvalue weighted by Crippen LogP contribution is 2.12. The summed E-state index contributed by atoms with van der Waals surface area (Å²) in [5.74, 6) is 0.911. The molecule has 0 radical (unpaired) electrons. The normalized spacial score (nSPS) is 16.2. The van der Waals surface area contributed by atoms with E-state index in [1.54, 1.807) is 0 Å². The summed E-state index contributed by atoms with van der Waals surface area (Å²) in [6.07, 6.45) is 2.53. The van der Waals surface area contributed by atoms with E-state index in [2.05, 4.69) is 6.92 Å². The molecule has 1 heterocycles. The van der Waals surface area contributed by atoms with E-state index in [9.17, 15) is 51.8 Å². The van der Waals surface area contributed by atoms with Gasteiger partial charge >= 0.3 is 21.8 Å². The van der Waals surface area contributed by atoms with Crippen molar-refractivity contribution in [3.8, 4) is 0 Å². The zero-order valence-corrected chi connectivity index (χ0v) is 11.1. The Kier molecular flexibility index (Phi) is 14.1. The minimum absolute atomic E-state index is 0.911. The smallest absolute Gasteiger partial charge is 0.418 e. The molecule has 0 amide bonds. The number of halogens is 12. The lowest BCUT2D eigenvalue weighted by Crippen LogP contribution is -2.12. The van der Waals surface area contributed by atoms with Gasteiger partial charge in [0.1, 0.15) is 0 Å². The van der Waals surface area contributed by atoms with Crippen LogP contribution in [0.15, 0.2) is 0 Å². The summed E-state index contributed by atoms with van der Waals surface area (Å²) in [6, 6.07) is 0. The maximum atomic E-state index is 9.75. The fourth-order valence-corrected chi connectivity index (χ4v) is 0.815. The van der Waals surface area contributed by atoms with Crippen LogP contribution in [0.25, 0.3) is 0 Å². The minimum Gasteiger partial charge on any atom is -0.418 e. The van der Waals surface area contributed by atoms with Crippen molar-refractivity contribution < 1.29 is 56.5 Å². The molecule has 0 unspecified atom stereocenters. The van der Waals surface area contributed by atoms with Gasteiger partial charge in [0.2, 0.25) is 0 Å². The van der Waals surface area contributed by atoms with E-state index in [-0.39, 0.29) is 0 Å². The first-order valence-corrected chi connectivity index (χ1v) is 5.59. The molecule has 0 aliphatic carbocycles. The Morgan fingerprint density at radius 1 is 0.591 bits per heavy atom. The van der Waals surface area contributed by atoms with Crippen LogP contribution in [0.3, 0.4) is 0 Å².